The summed E-state index contributed by atoms with van der Waals surface area (Å²) in [5, 5.41) is 30.0. The van der Waals surface area contributed by atoms with E-state index in [2.05, 4.69) is 26.6 Å². The van der Waals surface area contributed by atoms with Gasteiger partial charge in [0, 0.05) is 19.9 Å². The maximum atomic E-state index is 13.8. The van der Waals surface area contributed by atoms with Crippen molar-refractivity contribution in [3.63, 3.8) is 0 Å². The third kappa shape index (κ3) is 14.6. The largest absolute Gasteiger partial charge is 0.481 e. The highest BCUT2D eigenvalue weighted by molar-refractivity contribution is 5.98. The summed E-state index contributed by atoms with van der Waals surface area (Å²) in [6.45, 7) is 9.06. The Balaban J connectivity index is 3.29. The number of nitrogens with one attached hydrogen (secondary N) is 5. The molecule has 7 atom stereocenters. The van der Waals surface area contributed by atoms with Crippen LogP contribution in [0.2, 0.25) is 0 Å². The van der Waals surface area contributed by atoms with Gasteiger partial charge in [-0.1, -0.05) is 47.5 Å². The smallest absolute Gasteiger partial charge is 0.452 e. The fourth-order valence-corrected chi connectivity index (χ4v) is 5.66. The van der Waals surface area contributed by atoms with Gasteiger partial charge in [0.25, 0.3) is 5.78 Å². The number of nitrogens with zero attached hydrogens (tertiary/aromatic N) is 1. The number of alkyl halides is 3. The van der Waals surface area contributed by atoms with Crippen LogP contribution in [0.3, 0.4) is 0 Å². The third-order valence-electron chi connectivity index (χ3n) is 8.70. The lowest BCUT2D eigenvalue weighted by molar-refractivity contribution is -0.174. The summed E-state index contributed by atoms with van der Waals surface area (Å²) < 4.78 is 39.5. The number of hydrogen-bond acceptors (Lipinski definition) is 9. The van der Waals surface area contributed by atoms with E-state index in [0.29, 0.717) is 12.8 Å². The van der Waals surface area contributed by atoms with Gasteiger partial charge in [0.05, 0.1) is 12.5 Å². The van der Waals surface area contributed by atoms with Crippen LogP contribution >= 0.6 is 0 Å². The minimum Gasteiger partial charge on any atom is -0.481 e. The Kier molecular flexibility index (Phi) is 18.4. The predicted molar refractivity (Wildman–Crippen MR) is 179 cm³/mol. The topological polar surface area (TPSA) is 257 Å². The lowest BCUT2D eigenvalue weighted by atomic mass is 9.95. The van der Waals surface area contributed by atoms with Crippen molar-refractivity contribution in [1.82, 2.24) is 31.5 Å². The molecule has 6 amide bonds. The standard InChI is InChI=1S/C33H51F3N6O11/c1-7-10-19(27(48)33(34,35)36)38-30(51)22-11-9-14-42(22)32(53)25(16(3)4)40-31(52)26(17(5)8-2)41-28(49)20(12-13-23(44)45)39-29(50)21(15-24(46)47)37-18(6)43/h16-17,19-22,25-26H,7-15H2,1-6H3,(H,37,43)(H,38,51)(H,39,50)(H,40,52)(H,41,49)(H,44,45)(H,46,47)/t17?,19?,20-,21+,22+,25+,26+/m1/s1. The van der Waals surface area contributed by atoms with Gasteiger partial charge in [0.15, 0.2) is 0 Å². The molecule has 0 aromatic heterocycles. The number of halogens is 3. The van der Waals surface area contributed by atoms with Crippen molar-refractivity contribution >= 4 is 53.2 Å². The number of carboxylic acids is 2. The molecule has 0 bridgehead atoms. The highest BCUT2D eigenvalue weighted by atomic mass is 19.4. The summed E-state index contributed by atoms with van der Waals surface area (Å²) in [6, 6.07) is -8.95. The van der Waals surface area contributed by atoms with Gasteiger partial charge in [-0.15, -0.1) is 0 Å². The van der Waals surface area contributed by atoms with Crippen LogP contribution < -0.4 is 26.6 Å². The molecule has 1 aliphatic heterocycles. The second-order valence-corrected chi connectivity index (χ2v) is 13.3. The molecule has 0 saturated carbocycles. The number of ketones is 1. The minimum absolute atomic E-state index is 0.0273. The molecule has 7 N–H and O–H groups in total. The average Bonchev–Trinajstić information content (AvgIpc) is 3.55. The van der Waals surface area contributed by atoms with Crippen LogP contribution in [0.4, 0.5) is 13.2 Å². The van der Waals surface area contributed by atoms with E-state index in [1.54, 1.807) is 27.7 Å². The second-order valence-electron chi connectivity index (χ2n) is 13.3. The summed E-state index contributed by atoms with van der Waals surface area (Å²) in [4.78, 5) is 114. The maximum absolute atomic E-state index is 13.8. The zero-order valence-corrected chi connectivity index (χ0v) is 30.6. The fourth-order valence-electron chi connectivity index (χ4n) is 5.66. The molecule has 53 heavy (non-hydrogen) atoms. The van der Waals surface area contributed by atoms with Crippen molar-refractivity contribution in [3.8, 4) is 0 Å². The molecule has 0 radical (unpaired) electrons. The number of rotatable bonds is 21. The van der Waals surface area contributed by atoms with E-state index >= 15 is 0 Å². The molecular formula is C33H51F3N6O11. The molecule has 1 rings (SSSR count). The van der Waals surface area contributed by atoms with E-state index in [0.717, 1.165) is 11.8 Å². The number of carbonyl (C=O) groups is 9. The van der Waals surface area contributed by atoms with Gasteiger partial charge in [0.2, 0.25) is 35.4 Å². The highest BCUT2D eigenvalue weighted by Crippen LogP contribution is 2.23. The molecule has 0 aromatic rings. The summed E-state index contributed by atoms with van der Waals surface area (Å²) in [5.41, 5.74) is 0. The van der Waals surface area contributed by atoms with Gasteiger partial charge in [-0.3, -0.25) is 43.2 Å². The molecule has 20 heteroatoms. The van der Waals surface area contributed by atoms with Crippen LogP contribution in [0, 0.1) is 11.8 Å². The van der Waals surface area contributed by atoms with E-state index in [1.165, 1.54) is 6.92 Å². The van der Waals surface area contributed by atoms with E-state index in [4.69, 9.17) is 5.11 Å². The monoisotopic (exact) mass is 764 g/mol. The predicted octanol–water partition coefficient (Wildman–Crippen LogP) is 0.394. The van der Waals surface area contributed by atoms with Gasteiger partial charge in [-0.05, 0) is 37.5 Å². The van der Waals surface area contributed by atoms with Crippen molar-refractivity contribution in [2.24, 2.45) is 11.8 Å². The Morgan fingerprint density at radius 3 is 1.83 bits per heavy atom. The quantitative estimate of drug-likeness (QED) is 0.0842. The average molecular weight is 765 g/mol. The molecular weight excluding hydrogens is 713 g/mol. The van der Waals surface area contributed by atoms with E-state index in [1.807, 2.05) is 0 Å². The summed E-state index contributed by atoms with van der Waals surface area (Å²) in [5.74, 6) is -11.5. The van der Waals surface area contributed by atoms with Crippen molar-refractivity contribution < 1.29 is 66.5 Å². The van der Waals surface area contributed by atoms with Crippen molar-refractivity contribution in [2.75, 3.05) is 6.54 Å². The SMILES string of the molecule is CCCC(NC(=O)[C@@H]1CCCN1C(=O)[C@@H](NC(=O)[C@@H](NC(=O)[C@@H](CCC(=O)O)NC(=O)[C@H](CC(=O)O)NC(C)=O)C(C)CC)C(C)C)C(=O)C(F)(F)F. The van der Waals surface area contributed by atoms with Gasteiger partial charge in [-0.25, -0.2) is 0 Å². The maximum Gasteiger partial charge on any atom is 0.452 e. The van der Waals surface area contributed by atoms with Crippen molar-refractivity contribution in [1.29, 1.82) is 0 Å². The first-order chi connectivity index (χ1) is 24.5. The Bertz CT molecular complexity index is 1360. The van der Waals surface area contributed by atoms with Crippen LogP contribution in [0.25, 0.3) is 0 Å². The third-order valence-corrected chi connectivity index (χ3v) is 8.70. The molecule has 17 nitrogen and oxygen atoms in total. The zero-order chi connectivity index (χ0) is 40.8. The number of likely N-dealkylation sites (tertiary alicyclic amines) is 1. The summed E-state index contributed by atoms with van der Waals surface area (Å²) >= 11 is 0. The number of carboxylic acid groups (broad SMARTS) is 2. The lowest BCUT2D eigenvalue weighted by Crippen LogP contribution is -2.61. The first kappa shape index (κ1) is 46.2. The van der Waals surface area contributed by atoms with Crippen LogP contribution in [-0.4, -0.2) is 117 Å². The summed E-state index contributed by atoms with van der Waals surface area (Å²) in [7, 11) is 0. The molecule has 1 aliphatic rings. The number of Topliss-reactive ketones (excluding diaryl/α,β-unsaturated/α-hetero) is 1. The van der Waals surface area contributed by atoms with E-state index in [-0.39, 0.29) is 25.8 Å². The minimum atomic E-state index is -5.19. The molecule has 1 saturated heterocycles. The highest BCUT2D eigenvalue weighted by Gasteiger charge is 2.46. The lowest BCUT2D eigenvalue weighted by Gasteiger charge is -2.33. The van der Waals surface area contributed by atoms with Crippen LogP contribution in [0.15, 0.2) is 0 Å². The van der Waals surface area contributed by atoms with E-state index < -0.39 is 127 Å². The molecule has 0 spiro atoms. The first-order valence-corrected chi connectivity index (χ1v) is 17.4. The number of aliphatic carboxylic acids is 2. The Labute approximate surface area is 304 Å². The molecule has 300 valence electrons. The first-order valence-electron chi connectivity index (χ1n) is 17.4. The van der Waals surface area contributed by atoms with Gasteiger partial charge >= 0.3 is 18.1 Å². The van der Waals surface area contributed by atoms with Gasteiger partial charge in [-0.2, -0.15) is 13.2 Å². The molecule has 2 unspecified atom stereocenters. The zero-order valence-electron chi connectivity index (χ0n) is 30.6. The Morgan fingerprint density at radius 2 is 1.34 bits per heavy atom. The van der Waals surface area contributed by atoms with Crippen molar-refractivity contribution in [2.45, 2.75) is 135 Å². The second kappa shape index (κ2) is 21.1. The van der Waals surface area contributed by atoms with Crippen LogP contribution in [0.1, 0.15) is 92.9 Å². The normalized spacial score (nSPS) is 17.7. The van der Waals surface area contributed by atoms with Gasteiger partial charge in [0.1, 0.15) is 30.2 Å². The molecule has 1 heterocycles. The van der Waals surface area contributed by atoms with Gasteiger partial charge < -0.3 is 41.7 Å². The number of hydrogen-bond donors (Lipinski definition) is 7. The fraction of sp³-hybridized carbons (Fsp3) is 0.727. The number of amides is 6. The van der Waals surface area contributed by atoms with Crippen LogP contribution in [0.5, 0.6) is 0 Å². The summed E-state index contributed by atoms with van der Waals surface area (Å²) in [6.07, 6.45) is -6.59. The Hall–Kier alpha value is -4.78. The van der Waals surface area contributed by atoms with E-state index in [9.17, 15) is 61.4 Å². The molecule has 1 fully saturated rings. The Morgan fingerprint density at radius 1 is 0.755 bits per heavy atom. The van der Waals surface area contributed by atoms with Crippen LogP contribution in [-0.2, 0) is 43.2 Å². The molecule has 0 aromatic carbocycles. The number of carbonyl (C=O) groups excluding carboxylic acids is 7. The molecule has 0 aliphatic carbocycles. The van der Waals surface area contributed by atoms with Crippen molar-refractivity contribution in [3.05, 3.63) is 0 Å².